The van der Waals surface area contributed by atoms with Crippen LogP contribution in [0.3, 0.4) is 0 Å². The van der Waals surface area contributed by atoms with Gasteiger partial charge in [-0.25, -0.2) is 8.42 Å². The fraction of sp³-hybridized carbons (Fsp3) is 0.188. The van der Waals surface area contributed by atoms with Crippen molar-refractivity contribution in [1.29, 1.82) is 0 Å². The lowest BCUT2D eigenvalue weighted by molar-refractivity contribution is 0.0953. The highest BCUT2D eigenvalue weighted by Gasteiger charge is 2.16. The molecule has 23 heavy (non-hydrogen) atoms. The van der Waals surface area contributed by atoms with Gasteiger partial charge in [-0.1, -0.05) is 19.1 Å². The van der Waals surface area contributed by atoms with Crippen molar-refractivity contribution in [2.75, 3.05) is 11.3 Å². The molecule has 0 radical (unpaired) electrons. The lowest BCUT2D eigenvalue weighted by Gasteiger charge is -2.10. The maximum absolute atomic E-state index is 12.4. The molecule has 0 saturated heterocycles. The Morgan fingerprint density at radius 1 is 1.09 bits per heavy atom. The minimum Gasteiger partial charge on any atom is -0.352 e. The molecule has 2 aromatic carbocycles. The molecule has 0 aliphatic carbocycles. The molecule has 5 nitrogen and oxygen atoms in total. The van der Waals surface area contributed by atoms with Crippen LogP contribution in [0.15, 0.2) is 57.9 Å². The Balaban J connectivity index is 2.18. The van der Waals surface area contributed by atoms with E-state index in [-0.39, 0.29) is 10.8 Å². The molecule has 0 aliphatic rings. The summed E-state index contributed by atoms with van der Waals surface area (Å²) < 4.78 is 27.9. The zero-order valence-electron chi connectivity index (χ0n) is 12.5. The van der Waals surface area contributed by atoms with Crippen LogP contribution in [0.2, 0.25) is 0 Å². The van der Waals surface area contributed by atoms with E-state index in [4.69, 9.17) is 0 Å². The quantitative estimate of drug-likeness (QED) is 0.785. The average molecular weight is 397 g/mol. The SMILES string of the molecule is CCCNC(=O)c1ccc(S(=O)(=O)Nc2ccccc2Br)cc1. The van der Waals surface area contributed by atoms with Crippen molar-refractivity contribution >= 4 is 37.5 Å². The van der Waals surface area contributed by atoms with E-state index in [2.05, 4.69) is 26.0 Å². The van der Waals surface area contributed by atoms with Crippen molar-refractivity contribution < 1.29 is 13.2 Å². The van der Waals surface area contributed by atoms with Crippen LogP contribution in [0.5, 0.6) is 0 Å². The van der Waals surface area contributed by atoms with Crippen LogP contribution in [0, 0.1) is 0 Å². The van der Waals surface area contributed by atoms with Crippen LogP contribution in [0.1, 0.15) is 23.7 Å². The van der Waals surface area contributed by atoms with Gasteiger partial charge in [0.2, 0.25) is 0 Å². The van der Waals surface area contributed by atoms with Crippen LogP contribution < -0.4 is 10.0 Å². The molecule has 0 heterocycles. The molecule has 2 aromatic rings. The monoisotopic (exact) mass is 396 g/mol. The number of amides is 1. The summed E-state index contributed by atoms with van der Waals surface area (Å²) in [7, 11) is -3.71. The number of benzene rings is 2. The first kappa shape index (κ1) is 17.5. The number of rotatable bonds is 6. The van der Waals surface area contributed by atoms with Crippen LogP contribution in [0.4, 0.5) is 5.69 Å². The number of carbonyl (C=O) groups excluding carboxylic acids is 1. The zero-order valence-corrected chi connectivity index (χ0v) is 14.9. The molecule has 0 aromatic heterocycles. The summed E-state index contributed by atoms with van der Waals surface area (Å²) in [6.07, 6.45) is 0.841. The summed E-state index contributed by atoms with van der Waals surface area (Å²) in [5.41, 5.74) is 0.885. The van der Waals surface area contributed by atoms with Gasteiger partial charge in [0.1, 0.15) is 0 Å². The van der Waals surface area contributed by atoms with E-state index in [0.717, 1.165) is 6.42 Å². The fourth-order valence-corrected chi connectivity index (χ4v) is 3.47. The number of para-hydroxylation sites is 1. The predicted molar refractivity (Wildman–Crippen MR) is 94.0 cm³/mol. The van der Waals surface area contributed by atoms with E-state index in [0.29, 0.717) is 22.3 Å². The summed E-state index contributed by atoms with van der Waals surface area (Å²) in [5.74, 6) is -0.213. The highest BCUT2D eigenvalue weighted by molar-refractivity contribution is 9.10. The minimum atomic E-state index is -3.71. The van der Waals surface area contributed by atoms with E-state index in [1.807, 2.05) is 6.92 Å². The van der Waals surface area contributed by atoms with E-state index in [1.165, 1.54) is 24.3 Å². The maximum Gasteiger partial charge on any atom is 0.261 e. The molecular formula is C16H17BrN2O3S. The topological polar surface area (TPSA) is 75.3 Å². The molecule has 2 rings (SSSR count). The Labute approximate surface area is 144 Å². The highest BCUT2D eigenvalue weighted by Crippen LogP contribution is 2.24. The molecule has 1 amide bonds. The predicted octanol–water partition coefficient (Wildman–Crippen LogP) is 3.39. The summed E-state index contributed by atoms with van der Waals surface area (Å²) in [6, 6.07) is 12.8. The standard InChI is InChI=1S/C16H17BrN2O3S/c1-2-11-18-16(20)12-7-9-13(10-8-12)23(21,22)19-15-6-4-3-5-14(15)17/h3-10,19H,2,11H2,1H3,(H,18,20). The third kappa shape index (κ3) is 4.56. The summed E-state index contributed by atoms with van der Waals surface area (Å²) in [4.78, 5) is 11.9. The van der Waals surface area contributed by atoms with Gasteiger partial charge in [0.05, 0.1) is 10.6 Å². The van der Waals surface area contributed by atoms with Crippen LogP contribution in [0.25, 0.3) is 0 Å². The van der Waals surface area contributed by atoms with Crippen molar-refractivity contribution in [3.63, 3.8) is 0 Å². The molecule has 0 saturated carbocycles. The molecule has 0 aliphatic heterocycles. The number of hydrogen-bond acceptors (Lipinski definition) is 3. The van der Waals surface area contributed by atoms with Gasteiger partial charge in [-0.05, 0) is 58.7 Å². The number of carbonyl (C=O) groups is 1. The van der Waals surface area contributed by atoms with Crippen molar-refractivity contribution in [2.45, 2.75) is 18.2 Å². The van der Waals surface area contributed by atoms with Crippen molar-refractivity contribution in [3.05, 3.63) is 58.6 Å². The Bertz CT molecular complexity index is 789. The van der Waals surface area contributed by atoms with E-state index < -0.39 is 10.0 Å². The van der Waals surface area contributed by atoms with Gasteiger partial charge in [0, 0.05) is 16.6 Å². The molecule has 122 valence electrons. The fourth-order valence-electron chi connectivity index (χ4n) is 1.87. The van der Waals surface area contributed by atoms with E-state index in [1.54, 1.807) is 24.3 Å². The summed E-state index contributed by atoms with van der Waals surface area (Å²) in [5, 5.41) is 2.74. The molecule has 0 atom stereocenters. The highest BCUT2D eigenvalue weighted by atomic mass is 79.9. The number of anilines is 1. The smallest absolute Gasteiger partial charge is 0.261 e. The molecule has 0 spiro atoms. The average Bonchev–Trinajstić information content (AvgIpc) is 2.55. The zero-order chi connectivity index (χ0) is 16.9. The first-order valence-electron chi connectivity index (χ1n) is 7.09. The number of nitrogens with one attached hydrogen (secondary N) is 2. The van der Waals surface area contributed by atoms with Crippen molar-refractivity contribution in [3.8, 4) is 0 Å². The number of sulfonamides is 1. The van der Waals surface area contributed by atoms with Crippen LogP contribution >= 0.6 is 15.9 Å². The molecule has 0 fully saturated rings. The van der Waals surface area contributed by atoms with Gasteiger partial charge >= 0.3 is 0 Å². The summed E-state index contributed by atoms with van der Waals surface area (Å²) >= 11 is 3.30. The van der Waals surface area contributed by atoms with Gasteiger partial charge < -0.3 is 5.32 Å². The Morgan fingerprint density at radius 3 is 2.35 bits per heavy atom. The van der Waals surface area contributed by atoms with Gasteiger partial charge in [-0.2, -0.15) is 0 Å². The van der Waals surface area contributed by atoms with Gasteiger partial charge in [0.25, 0.3) is 15.9 Å². The molecule has 0 bridgehead atoms. The first-order valence-corrected chi connectivity index (χ1v) is 9.37. The molecule has 7 heteroatoms. The maximum atomic E-state index is 12.4. The largest absolute Gasteiger partial charge is 0.352 e. The second-order valence-corrected chi connectivity index (χ2v) is 7.40. The molecule has 0 unspecified atom stereocenters. The van der Waals surface area contributed by atoms with Crippen molar-refractivity contribution in [1.82, 2.24) is 5.32 Å². The van der Waals surface area contributed by atoms with Gasteiger partial charge in [-0.15, -0.1) is 0 Å². The normalized spacial score (nSPS) is 11.0. The Hall–Kier alpha value is -1.86. The van der Waals surface area contributed by atoms with E-state index in [9.17, 15) is 13.2 Å². The minimum absolute atomic E-state index is 0.0975. The van der Waals surface area contributed by atoms with Crippen LogP contribution in [-0.4, -0.2) is 20.9 Å². The second kappa shape index (κ2) is 7.61. The van der Waals surface area contributed by atoms with Crippen molar-refractivity contribution in [2.24, 2.45) is 0 Å². The summed E-state index contributed by atoms with van der Waals surface area (Å²) in [6.45, 7) is 2.55. The number of hydrogen-bond donors (Lipinski definition) is 2. The van der Waals surface area contributed by atoms with Gasteiger partial charge in [0.15, 0.2) is 0 Å². The third-order valence-electron chi connectivity index (χ3n) is 3.08. The lowest BCUT2D eigenvalue weighted by atomic mass is 10.2. The third-order valence-corrected chi connectivity index (χ3v) is 5.15. The van der Waals surface area contributed by atoms with E-state index >= 15 is 0 Å². The van der Waals surface area contributed by atoms with Gasteiger partial charge in [-0.3, -0.25) is 9.52 Å². The molecular weight excluding hydrogens is 380 g/mol. The second-order valence-electron chi connectivity index (χ2n) is 4.87. The lowest BCUT2D eigenvalue weighted by Crippen LogP contribution is -2.24. The Morgan fingerprint density at radius 2 is 1.74 bits per heavy atom. The Kier molecular flexibility index (Phi) is 5.79. The number of halogens is 1. The molecule has 2 N–H and O–H groups in total. The first-order chi connectivity index (χ1) is 10.9. The van der Waals surface area contributed by atoms with Crippen LogP contribution in [-0.2, 0) is 10.0 Å².